The van der Waals surface area contributed by atoms with Gasteiger partial charge in [0.1, 0.15) is 5.82 Å². The third kappa shape index (κ3) is 4.28. The number of rotatable bonds is 4. The molecule has 0 saturated heterocycles. The van der Waals surface area contributed by atoms with Gasteiger partial charge in [-0.25, -0.2) is 4.39 Å². The average molecular weight is 293 g/mol. The second-order valence-corrected chi connectivity index (χ2v) is 7.03. The third-order valence-corrected chi connectivity index (χ3v) is 4.74. The summed E-state index contributed by atoms with van der Waals surface area (Å²) in [4.78, 5) is 2.24. The lowest BCUT2D eigenvalue weighted by molar-refractivity contribution is 0.123. The van der Waals surface area contributed by atoms with Gasteiger partial charge in [0.15, 0.2) is 0 Å². The van der Waals surface area contributed by atoms with Gasteiger partial charge in [-0.3, -0.25) is 4.90 Å². The lowest BCUT2D eigenvalue weighted by Crippen LogP contribution is -2.40. The summed E-state index contributed by atoms with van der Waals surface area (Å²) in [5.41, 5.74) is 1.47. The quantitative estimate of drug-likeness (QED) is 0.833. The van der Waals surface area contributed by atoms with Gasteiger partial charge in [-0.15, -0.1) is 0 Å². The van der Waals surface area contributed by atoms with Crippen LogP contribution in [0.4, 0.5) is 4.39 Å². The van der Waals surface area contributed by atoms with Gasteiger partial charge < -0.3 is 10.0 Å². The molecule has 0 atom stereocenters. The van der Waals surface area contributed by atoms with Gasteiger partial charge in [-0.2, -0.15) is 0 Å². The summed E-state index contributed by atoms with van der Waals surface area (Å²) in [5.74, 6) is -0.441. The van der Waals surface area contributed by atoms with Crippen molar-refractivity contribution in [1.82, 2.24) is 4.90 Å². The summed E-state index contributed by atoms with van der Waals surface area (Å²) in [6.07, 6.45) is 4.73. The minimum Gasteiger partial charge on any atom is -0.423 e. The first-order chi connectivity index (χ1) is 9.78. The summed E-state index contributed by atoms with van der Waals surface area (Å²) in [6.45, 7) is 5.23. The maximum absolute atomic E-state index is 13.2. The third-order valence-electron chi connectivity index (χ3n) is 4.74. The van der Waals surface area contributed by atoms with Gasteiger partial charge in [0.2, 0.25) is 0 Å². The molecule has 1 aliphatic carbocycles. The molecule has 0 spiro atoms. The van der Waals surface area contributed by atoms with E-state index in [9.17, 15) is 14.4 Å². The summed E-state index contributed by atoms with van der Waals surface area (Å²) in [6, 6.07) is 4.73. The molecule has 0 amide bonds. The van der Waals surface area contributed by atoms with Crippen molar-refractivity contribution in [2.45, 2.75) is 52.1 Å². The minimum atomic E-state index is -1.63. The largest absolute Gasteiger partial charge is 0.488 e. The van der Waals surface area contributed by atoms with Crippen LogP contribution in [0.3, 0.4) is 0 Å². The maximum atomic E-state index is 13.2. The first kappa shape index (κ1) is 16.5. The molecular formula is C16H25BFNO2. The van der Waals surface area contributed by atoms with Crippen molar-refractivity contribution in [3.05, 3.63) is 29.6 Å². The first-order valence-electron chi connectivity index (χ1n) is 7.63. The molecule has 116 valence electrons. The van der Waals surface area contributed by atoms with Gasteiger partial charge >= 0.3 is 7.12 Å². The Morgan fingerprint density at radius 1 is 1.29 bits per heavy atom. The fourth-order valence-corrected chi connectivity index (χ4v) is 3.17. The van der Waals surface area contributed by atoms with E-state index in [1.54, 1.807) is 6.07 Å². The smallest absolute Gasteiger partial charge is 0.423 e. The Morgan fingerprint density at radius 2 is 1.90 bits per heavy atom. The van der Waals surface area contributed by atoms with Crippen molar-refractivity contribution in [1.29, 1.82) is 0 Å². The van der Waals surface area contributed by atoms with E-state index in [2.05, 4.69) is 25.8 Å². The van der Waals surface area contributed by atoms with Crippen molar-refractivity contribution >= 4 is 12.6 Å². The molecule has 1 aromatic rings. The summed E-state index contributed by atoms with van der Waals surface area (Å²) in [5, 5.41) is 18.8. The number of benzene rings is 1. The Bertz CT molecular complexity index is 483. The van der Waals surface area contributed by atoms with E-state index in [0.717, 1.165) is 18.4 Å². The molecule has 3 nitrogen and oxygen atoms in total. The number of hydrogen-bond acceptors (Lipinski definition) is 3. The van der Waals surface area contributed by atoms with Crippen LogP contribution in [-0.4, -0.2) is 35.2 Å². The van der Waals surface area contributed by atoms with E-state index >= 15 is 0 Å². The predicted octanol–water partition coefficient (Wildman–Crippen LogP) is 1.91. The van der Waals surface area contributed by atoms with Crippen molar-refractivity contribution in [3.63, 3.8) is 0 Å². The lowest BCUT2D eigenvalue weighted by Gasteiger charge is -2.38. The van der Waals surface area contributed by atoms with E-state index in [4.69, 9.17) is 0 Å². The molecule has 0 aromatic heterocycles. The van der Waals surface area contributed by atoms with Gasteiger partial charge in [-0.05, 0) is 61.3 Å². The van der Waals surface area contributed by atoms with Gasteiger partial charge in [0.25, 0.3) is 0 Å². The summed E-state index contributed by atoms with van der Waals surface area (Å²) in [7, 11) is 0.425. The highest BCUT2D eigenvalue weighted by Crippen LogP contribution is 2.36. The molecule has 5 heteroatoms. The molecular weight excluding hydrogens is 268 g/mol. The van der Waals surface area contributed by atoms with Crippen LogP contribution < -0.4 is 5.46 Å². The van der Waals surface area contributed by atoms with E-state index in [1.165, 1.54) is 25.0 Å². The normalized spacial score (nSPS) is 19.0. The Morgan fingerprint density at radius 3 is 2.48 bits per heavy atom. The lowest BCUT2D eigenvalue weighted by atomic mass is 9.74. The molecule has 1 aliphatic rings. The maximum Gasteiger partial charge on any atom is 0.488 e. The number of halogens is 1. The van der Waals surface area contributed by atoms with Crippen LogP contribution >= 0.6 is 0 Å². The van der Waals surface area contributed by atoms with Crippen LogP contribution in [-0.2, 0) is 6.54 Å². The summed E-state index contributed by atoms with van der Waals surface area (Å²) >= 11 is 0. The monoisotopic (exact) mass is 293 g/mol. The van der Waals surface area contributed by atoms with Gasteiger partial charge in [0, 0.05) is 12.6 Å². The number of hydrogen-bond donors (Lipinski definition) is 2. The van der Waals surface area contributed by atoms with Gasteiger partial charge in [-0.1, -0.05) is 19.9 Å². The molecule has 1 aromatic carbocycles. The highest BCUT2D eigenvalue weighted by atomic mass is 19.1. The van der Waals surface area contributed by atoms with Crippen LogP contribution in [0.1, 0.15) is 45.1 Å². The molecule has 2 N–H and O–H groups in total. The Labute approximate surface area is 126 Å². The zero-order valence-electron chi connectivity index (χ0n) is 13.1. The predicted molar refractivity (Wildman–Crippen MR) is 83.7 cm³/mol. The SMILES string of the molecule is CN(Cc1ccc(F)cc1B(O)O)C1CCC(C)(C)CC1. The fraction of sp³-hybridized carbons (Fsp3) is 0.625. The van der Waals surface area contributed by atoms with Crippen LogP contribution in [0.15, 0.2) is 18.2 Å². The van der Waals surface area contributed by atoms with Crippen LogP contribution in [0.5, 0.6) is 0 Å². The molecule has 21 heavy (non-hydrogen) atoms. The zero-order chi connectivity index (χ0) is 15.6. The number of nitrogens with zero attached hydrogens (tertiary/aromatic N) is 1. The molecule has 1 fully saturated rings. The minimum absolute atomic E-state index is 0.262. The highest BCUT2D eigenvalue weighted by Gasteiger charge is 2.29. The zero-order valence-corrected chi connectivity index (χ0v) is 13.1. The van der Waals surface area contributed by atoms with Crippen molar-refractivity contribution in [3.8, 4) is 0 Å². The molecule has 0 heterocycles. The summed E-state index contributed by atoms with van der Waals surface area (Å²) < 4.78 is 13.2. The van der Waals surface area contributed by atoms with E-state index < -0.39 is 12.9 Å². The molecule has 0 unspecified atom stereocenters. The molecule has 2 rings (SSSR count). The Balaban J connectivity index is 2.05. The second-order valence-electron chi connectivity index (χ2n) is 7.03. The second kappa shape index (κ2) is 6.47. The average Bonchev–Trinajstić information content (AvgIpc) is 2.40. The molecule has 0 bridgehead atoms. The van der Waals surface area contributed by atoms with E-state index in [1.807, 2.05) is 0 Å². The van der Waals surface area contributed by atoms with Crippen LogP contribution in [0.2, 0.25) is 0 Å². The van der Waals surface area contributed by atoms with Crippen molar-refractivity contribution in [2.75, 3.05) is 7.05 Å². The van der Waals surface area contributed by atoms with E-state index in [-0.39, 0.29) is 5.46 Å². The highest BCUT2D eigenvalue weighted by molar-refractivity contribution is 6.59. The topological polar surface area (TPSA) is 43.7 Å². The van der Waals surface area contributed by atoms with Gasteiger partial charge in [0.05, 0.1) is 0 Å². The van der Waals surface area contributed by atoms with Crippen molar-refractivity contribution < 1.29 is 14.4 Å². The standard InChI is InChI=1S/C16H25BFNO2/c1-16(2)8-6-14(7-9-16)19(3)11-12-4-5-13(18)10-15(12)17(20)21/h4-5,10,14,20-21H,6-9,11H2,1-3H3. The first-order valence-corrected chi connectivity index (χ1v) is 7.63. The van der Waals surface area contributed by atoms with Crippen LogP contribution in [0, 0.1) is 11.2 Å². The molecule has 0 radical (unpaired) electrons. The van der Waals surface area contributed by atoms with Crippen LogP contribution in [0.25, 0.3) is 0 Å². The Kier molecular flexibility index (Phi) is 5.07. The van der Waals surface area contributed by atoms with E-state index in [0.29, 0.717) is 18.0 Å². The fourth-order valence-electron chi connectivity index (χ4n) is 3.17. The molecule has 1 saturated carbocycles. The molecule has 0 aliphatic heterocycles. The Hall–Kier alpha value is -0.905. The van der Waals surface area contributed by atoms with Crippen molar-refractivity contribution in [2.24, 2.45) is 5.41 Å².